The van der Waals surface area contributed by atoms with E-state index in [4.69, 9.17) is 5.11 Å². The molecule has 28 heavy (non-hydrogen) atoms. The minimum atomic E-state index is -0.769. The van der Waals surface area contributed by atoms with Gasteiger partial charge in [-0.15, -0.1) is 0 Å². The van der Waals surface area contributed by atoms with Gasteiger partial charge in [0, 0.05) is 18.8 Å². The van der Waals surface area contributed by atoms with Crippen LogP contribution < -0.4 is 0 Å². The number of aryl methyl sites for hydroxylation is 1. The van der Waals surface area contributed by atoms with Gasteiger partial charge in [-0.3, -0.25) is 4.79 Å². The monoisotopic (exact) mass is 386 g/mol. The molecule has 4 nitrogen and oxygen atoms in total. The maximum absolute atomic E-state index is 10.5. The molecule has 4 heteroatoms. The van der Waals surface area contributed by atoms with Gasteiger partial charge in [0.25, 0.3) is 0 Å². The first kappa shape index (κ1) is 22.4. The van der Waals surface area contributed by atoms with Gasteiger partial charge in [0.05, 0.1) is 12.2 Å². The summed E-state index contributed by atoms with van der Waals surface area (Å²) in [6.07, 6.45) is 12.1. The van der Waals surface area contributed by atoms with Gasteiger partial charge in [-0.2, -0.15) is 0 Å². The van der Waals surface area contributed by atoms with E-state index in [9.17, 15) is 15.0 Å². The minimum Gasteiger partial charge on any atom is -0.481 e. The normalized spacial score (nSPS) is 26.2. The Labute approximate surface area is 168 Å². The van der Waals surface area contributed by atoms with Crippen LogP contribution in [0.4, 0.5) is 0 Å². The lowest BCUT2D eigenvalue weighted by Crippen LogP contribution is -2.20. The fourth-order valence-corrected chi connectivity index (χ4v) is 3.90. The van der Waals surface area contributed by atoms with Crippen molar-refractivity contribution in [2.24, 2.45) is 17.8 Å². The molecule has 1 aliphatic rings. The number of allylic oxidation sites excluding steroid dienone is 3. The Kier molecular flexibility index (Phi) is 9.45. The molecule has 0 aromatic heterocycles. The number of carboxylic acids is 1. The Morgan fingerprint density at radius 2 is 1.93 bits per heavy atom. The number of benzene rings is 1. The van der Waals surface area contributed by atoms with Crippen LogP contribution in [0.1, 0.15) is 51.0 Å². The molecule has 0 bridgehead atoms. The van der Waals surface area contributed by atoms with E-state index in [2.05, 4.69) is 43.3 Å². The minimum absolute atomic E-state index is 0.0169. The number of carboxylic acid groups (broad SMARTS) is 1. The van der Waals surface area contributed by atoms with Crippen LogP contribution in [0.25, 0.3) is 0 Å². The van der Waals surface area contributed by atoms with Crippen molar-refractivity contribution in [2.45, 2.75) is 64.1 Å². The van der Waals surface area contributed by atoms with Crippen molar-refractivity contribution in [2.75, 3.05) is 0 Å². The molecule has 1 fully saturated rings. The maximum Gasteiger partial charge on any atom is 0.303 e. The van der Waals surface area contributed by atoms with Gasteiger partial charge < -0.3 is 15.3 Å². The highest BCUT2D eigenvalue weighted by Crippen LogP contribution is 2.36. The average Bonchev–Trinajstić information content (AvgIpc) is 2.94. The Balaban J connectivity index is 1.82. The molecular weight excluding hydrogens is 352 g/mol. The number of rotatable bonds is 11. The van der Waals surface area contributed by atoms with Crippen molar-refractivity contribution >= 4 is 5.97 Å². The quantitative estimate of drug-likeness (QED) is 0.390. The molecule has 154 valence electrons. The van der Waals surface area contributed by atoms with Crippen molar-refractivity contribution in [3.8, 4) is 0 Å². The Bertz CT molecular complexity index is 637. The van der Waals surface area contributed by atoms with E-state index in [1.807, 2.05) is 18.2 Å². The number of aliphatic carboxylic acids is 1. The van der Waals surface area contributed by atoms with E-state index in [0.29, 0.717) is 25.2 Å². The summed E-state index contributed by atoms with van der Waals surface area (Å²) in [4.78, 5) is 10.5. The molecule has 1 aliphatic carbocycles. The second kappa shape index (κ2) is 11.8. The highest BCUT2D eigenvalue weighted by Gasteiger charge is 2.39. The topological polar surface area (TPSA) is 77.8 Å². The Morgan fingerprint density at radius 1 is 1.18 bits per heavy atom. The van der Waals surface area contributed by atoms with Crippen molar-refractivity contribution < 1.29 is 20.1 Å². The second-order valence-electron chi connectivity index (χ2n) is 7.99. The predicted octanol–water partition coefficient (Wildman–Crippen LogP) is 4.37. The van der Waals surface area contributed by atoms with Crippen LogP contribution >= 0.6 is 0 Å². The molecule has 5 atom stereocenters. The van der Waals surface area contributed by atoms with Gasteiger partial charge in [0.1, 0.15) is 0 Å². The molecule has 0 radical (unpaired) electrons. The summed E-state index contributed by atoms with van der Waals surface area (Å²) in [5.41, 5.74) is 1.34. The van der Waals surface area contributed by atoms with Crippen LogP contribution in [0.5, 0.6) is 0 Å². The third-order valence-corrected chi connectivity index (χ3v) is 5.65. The maximum atomic E-state index is 10.5. The number of aliphatic hydroxyl groups is 2. The summed E-state index contributed by atoms with van der Waals surface area (Å²) in [5, 5.41) is 29.3. The zero-order valence-electron chi connectivity index (χ0n) is 16.8. The zero-order valence-corrected chi connectivity index (χ0v) is 16.8. The molecular formula is C24H34O4. The molecule has 3 N–H and O–H groups in total. The molecule has 0 unspecified atom stereocenters. The third kappa shape index (κ3) is 7.61. The van der Waals surface area contributed by atoms with Gasteiger partial charge in [0.2, 0.25) is 0 Å². The number of aliphatic hydroxyl groups excluding tert-OH is 2. The lowest BCUT2D eigenvalue weighted by molar-refractivity contribution is -0.137. The molecule has 0 amide bonds. The van der Waals surface area contributed by atoms with Gasteiger partial charge in [-0.05, 0) is 49.5 Å². The molecule has 0 aliphatic heterocycles. The van der Waals surface area contributed by atoms with Crippen molar-refractivity contribution in [1.29, 1.82) is 0 Å². The van der Waals surface area contributed by atoms with E-state index >= 15 is 0 Å². The smallest absolute Gasteiger partial charge is 0.303 e. The van der Waals surface area contributed by atoms with Crippen LogP contribution in [0.3, 0.4) is 0 Å². The van der Waals surface area contributed by atoms with E-state index in [1.165, 1.54) is 5.56 Å². The molecule has 2 rings (SSSR count). The van der Waals surface area contributed by atoms with E-state index in [1.54, 1.807) is 0 Å². The second-order valence-corrected chi connectivity index (χ2v) is 7.99. The largest absolute Gasteiger partial charge is 0.481 e. The van der Waals surface area contributed by atoms with Crippen LogP contribution in [0, 0.1) is 17.8 Å². The number of unbranched alkanes of at least 4 members (excludes halogenated alkanes) is 1. The summed E-state index contributed by atoms with van der Waals surface area (Å²) in [5.74, 6) is -0.368. The summed E-state index contributed by atoms with van der Waals surface area (Å²) in [6, 6.07) is 10.4. The van der Waals surface area contributed by atoms with Crippen LogP contribution in [-0.2, 0) is 11.2 Å². The van der Waals surface area contributed by atoms with E-state index < -0.39 is 18.2 Å². The van der Waals surface area contributed by atoms with Gasteiger partial charge in [-0.1, -0.05) is 61.6 Å². The van der Waals surface area contributed by atoms with E-state index in [0.717, 1.165) is 19.3 Å². The van der Waals surface area contributed by atoms with E-state index in [-0.39, 0.29) is 18.3 Å². The highest BCUT2D eigenvalue weighted by atomic mass is 16.4. The lowest BCUT2D eigenvalue weighted by atomic mass is 9.88. The van der Waals surface area contributed by atoms with Crippen LogP contribution in [0.15, 0.2) is 54.6 Å². The van der Waals surface area contributed by atoms with Crippen molar-refractivity contribution in [3.63, 3.8) is 0 Å². The highest BCUT2D eigenvalue weighted by molar-refractivity contribution is 5.66. The summed E-state index contributed by atoms with van der Waals surface area (Å²) < 4.78 is 0. The van der Waals surface area contributed by atoms with Crippen LogP contribution in [-0.4, -0.2) is 33.5 Å². The van der Waals surface area contributed by atoms with Crippen molar-refractivity contribution in [1.82, 2.24) is 0 Å². The zero-order chi connectivity index (χ0) is 20.4. The fourth-order valence-electron chi connectivity index (χ4n) is 3.90. The molecule has 0 saturated heterocycles. The molecule has 0 spiro atoms. The number of carbonyl (C=O) groups is 1. The molecule has 1 aromatic carbocycles. The molecule has 1 aromatic rings. The SMILES string of the molecule is C[C@@H](/C=C/[C@@H]1[C@@H](C/C=C\CCCC(=O)O)[C@@H](O)C[C@H]1O)CCc1ccccc1. The first-order valence-electron chi connectivity index (χ1n) is 10.4. The summed E-state index contributed by atoms with van der Waals surface area (Å²) in [7, 11) is 0. The predicted molar refractivity (Wildman–Crippen MR) is 112 cm³/mol. The van der Waals surface area contributed by atoms with Gasteiger partial charge >= 0.3 is 5.97 Å². The molecule has 1 saturated carbocycles. The Hall–Kier alpha value is -1.91. The number of hydrogen-bond donors (Lipinski definition) is 3. The number of hydrogen-bond acceptors (Lipinski definition) is 3. The van der Waals surface area contributed by atoms with Gasteiger partial charge in [0.15, 0.2) is 0 Å². The van der Waals surface area contributed by atoms with Gasteiger partial charge in [-0.25, -0.2) is 0 Å². The standard InChI is InChI=1S/C24H34O4/c1-18(13-15-19-9-5-4-6-10-19)14-16-21-20(22(25)17-23(21)26)11-7-2-3-8-12-24(27)28/h2,4-7,9-10,14,16,18,20-23,25-26H,3,8,11-13,15,17H2,1H3,(H,27,28)/b7-2-,16-14+/t18-,20-,21-,22+,23-/m1/s1. The first-order chi connectivity index (χ1) is 13.5. The lowest BCUT2D eigenvalue weighted by Gasteiger charge is -2.20. The fraction of sp³-hybridized carbons (Fsp3) is 0.542. The summed E-state index contributed by atoms with van der Waals surface area (Å²) >= 11 is 0. The van der Waals surface area contributed by atoms with Crippen molar-refractivity contribution in [3.05, 3.63) is 60.2 Å². The summed E-state index contributed by atoms with van der Waals surface area (Å²) in [6.45, 7) is 2.19. The average molecular weight is 387 g/mol. The third-order valence-electron chi connectivity index (χ3n) is 5.65. The van der Waals surface area contributed by atoms with Crippen LogP contribution in [0.2, 0.25) is 0 Å². The first-order valence-corrected chi connectivity index (χ1v) is 10.4. The molecule has 0 heterocycles. The Morgan fingerprint density at radius 3 is 2.64 bits per heavy atom.